The Balaban J connectivity index is 2.17. The number of halogens is 1. The summed E-state index contributed by atoms with van der Waals surface area (Å²) in [6.07, 6.45) is 1.06. The lowest BCUT2D eigenvalue weighted by Crippen LogP contribution is -2.54. The molecule has 0 spiro atoms. The monoisotopic (exact) mass is 267 g/mol. The highest BCUT2D eigenvalue weighted by molar-refractivity contribution is 5.95. The molecular formula is C14H18FNO3. The van der Waals surface area contributed by atoms with E-state index in [1.54, 1.807) is 19.1 Å². The Morgan fingerprint density at radius 2 is 2.16 bits per heavy atom. The Hall–Kier alpha value is -1.46. The van der Waals surface area contributed by atoms with Crippen LogP contribution < -0.4 is 5.32 Å². The molecule has 0 radical (unpaired) electrons. The smallest absolute Gasteiger partial charge is 0.254 e. The van der Waals surface area contributed by atoms with Gasteiger partial charge in [0.1, 0.15) is 5.82 Å². The molecule has 1 amide bonds. The van der Waals surface area contributed by atoms with Gasteiger partial charge in [-0.3, -0.25) is 4.79 Å². The first-order chi connectivity index (χ1) is 9.08. The molecule has 0 unspecified atom stereocenters. The Morgan fingerprint density at radius 3 is 2.79 bits per heavy atom. The van der Waals surface area contributed by atoms with Crippen molar-refractivity contribution in [3.05, 3.63) is 35.1 Å². The third-order valence-corrected chi connectivity index (χ3v) is 3.57. The molecule has 1 aromatic rings. The van der Waals surface area contributed by atoms with E-state index in [1.807, 2.05) is 0 Å². The van der Waals surface area contributed by atoms with Gasteiger partial charge in [-0.15, -0.1) is 0 Å². The van der Waals surface area contributed by atoms with E-state index in [1.165, 1.54) is 6.07 Å². The third-order valence-electron chi connectivity index (χ3n) is 3.57. The summed E-state index contributed by atoms with van der Waals surface area (Å²) in [5.74, 6) is -1.00. The first-order valence-electron chi connectivity index (χ1n) is 6.34. The molecule has 0 aromatic heterocycles. The number of carbonyl (C=O) groups excluding carboxylic acids is 1. The van der Waals surface area contributed by atoms with Gasteiger partial charge in [0.25, 0.3) is 5.91 Å². The van der Waals surface area contributed by atoms with Gasteiger partial charge in [0, 0.05) is 13.2 Å². The normalized spacial score (nSPS) is 18.1. The Labute approximate surface area is 111 Å². The molecular weight excluding hydrogens is 249 g/mol. The van der Waals surface area contributed by atoms with E-state index < -0.39 is 17.3 Å². The van der Waals surface area contributed by atoms with Crippen LogP contribution in [0, 0.1) is 12.7 Å². The molecule has 0 atom stereocenters. The summed E-state index contributed by atoms with van der Waals surface area (Å²) in [6.45, 7) is 2.41. The number of benzene rings is 1. The highest BCUT2D eigenvalue weighted by Gasteiger charge is 2.34. The van der Waals surface area contributed by atoms with Crippen LogP contribution in [0.5, 0.6) is 0 Å². The number of aryl methyl sites for hydroxylation is 1. The quantitative estimate of drug-likeness (QED) is 0.870. The molecule has 1 heterocycles. The van der Waals surface area contributed by atoms with Gasteiger partial charge in [0.2, 0.25) is 0 Å². The molecule has 104 valence electrons. The van der Waals surface area contributed by atoms with Gasteiger partial charge in [-0.1, -0.05) is 12.1 Å². The van der Waals surface area contributed by atoms with Crippen LogP contribution in [0.25, 0.3) is 0 Å². The zero-order valence-electron chi connectivity index (χ0n) is 10.9. The van der Waals surface area contributed by atoms with Crippen LogP contribution in [0.3, 0.4) is 0 Å². The van der Waals surface area contributed by atoms with Gasteiger partial charge in [-0.05, 0) is 31.4 Å². The predicted molar refractivity (Wildman–Crippen MR) is 68.5 cm³/mol. The highest BCUT2D eigenvalue weighted by atomic mass is 19.1. The summed E-state index contributed by atoms with van der Waals surface area (Å²) in [4.78, 5) is 12.1. The average Bonchev–Trinajstić information content (AvgIpc) is 2.42. The molecule has 1 fully saturated rings. The summed E-state index contributed by atoms with van der Waals surface area (Å²) in [7, 11) is 0. The number of amides is 1. The topological polar surface area (TPSA) is 58.6 Å². The van der Waals surface area contributed by atoms with E-state index in [2.05, 4.69) is 5.32 Å². The maximum Gasteiger partial charge on any atom is 0.254 e. The summed E-state index contributed by atoms with van der Waals surface area (Å²) >= 11 is 0. The molecule has 4 nitrogen and oxygen atoms in total. The summed E-state index contributed by atoms with van der Waals surface area (Å²) < 4.78 is 19.1. The van der Waals surface area contributed by atoms with E-state index in [0.29, 0.717) is 31.6 Å². The molecule has 1 aliphatic heterocycles. The van der Waals surface area contributed by atoms with Crippen molar-refractivity contribution in [2.45, 2.75) is 25.3 Å². The highest BCUT2D eigenvalue weighted by Crippen LogP contribution is 2.21. The molecule has 0 bridgehead atoms. The van der Waals surface area contributed by atoms with Gasteiger partial charge in [0.15, 0.2) is 0 Å². The maximum absolute atomic E-state index is 13.9. The Kier molecular flexibility index (Phi) is 4.17. The number of hydrogen-bond donors (Lipinski definition) is 2. The molecule has 5 heteroatoms. The number of ether oxygens (including phenoxy) is 1. The second kappa shape index (κ2) is 5.67. The van der Waals surface area contributed by atoms with Gasteiger partial charge in [0.05, 0.1) is 17.7 Å². The lowest BCUT2D eigenvalue weighted by atomic mass is 9.90. The van der Waals surface area contributed by atoms with Crippen LogP contribution in [-0.4, -0.2) is 36.4 Å². The zero-order chi connectivity index (χ0) is 13.9. The summed E-state index contributed by atoms with van der Waals surface area (Å²) in [5.41, 5.74) is -0.261. The minimum atomic E-state index is -0.703. The number of aliphatic hydroxyl groups excluding tert-OH is 1. The minimum Gasteiger partial charge on any atom is -0.394 e. The van der Waals surface area contributed by atoms with Crippen molar-refractivity contribution in [3.63, 3.8) is 0 Å². The van der Waals surface area contributed by atoms with Gasteiger partial charge in [-0.2, -0.15) is 0 Å². The van der Waals surface area contributed by atoms with Gasteiger partial charge in [-0.25, -0.2) is 4.39 Å². The van der Waals surface area contributed by atoms with Crippen LogP contribution in [0.1, 0.15) is 28.8 Å². The van der Waals surface area contributed by atoms with Crippen molar-refractivity contribution >= 4 is 5.91 Å². The lowest BCUT2D eigenvalue weighted by Gasteiger charge is -2.36. The lowest BCUT2D eigenvalue weighted by molar-refractivity contribution is 0.0124. The van der Waals surface area contributed by atoms with Crippen molar-refractivity contribution in [1.82, 2.24) is 5.32 Å². The van der Waals surface area contributed by atoms with Gasteiger partial charge < -0.3 is 15.2 Å². The first kappa shape index (κ1) is 14.0. The van der Waals surface area contributed by atoms with Crippen molar-refractivity contribution in [1.29, 1.82) is 0 Å². The van der Waals surface area contributed by atoms with Crippen molar-refractivity contribution < 1.29 is 19.0 Å². The molecule has 2 rings (SSSR count). The zero-order valence-corrected chi connectivity index (χ0v) is 10.9. The van der Waals surface area contributed by atoms with Crippen molar-refractivity contribution in [2.24, 2.45) is 0 Å². The molecule has 2 N–H and O–H groups in total. The fourth-order valence-electron chi connectivity index (χ4n) is 2.22. The van der Waals surface area contributed by atoms with Gasteiger partial charge >= 0.3 is 0 Å². The number of carbonyl (C=O) groups is 1. The Morgan fingerprint density at radius 1 is 1.47 bits per heavy atom. The number of rotatable bonds is 3. The van der Waals surface area contributed by atoms with Crippen molar-refractivity contribution in [2.75, 3.05) is 19.8 Å². The van der Waals surface area contributed by atoms with E-state index in [0.717, 1.165) is 0 Å². The van der Waals surface area contributed by atoms with Crippen LogP contribution in [0.2, 0.25) is 0 Å². The number of nitrogens with one attached hydrogen (secondary N) is 1. The van der Waals surface area contributed by atoms with Crippen LogP contribution in [0.15, 0.2) is 18.2 Å². The molecule has 1 aromatic carbocycles. The summed E-state index contributed by atoms with van der Waals surface area (Å²) in [5, 5.41) is 12.3. The molecule has 19 heavy (non-hydrogen) atoms. The molecule has 1 saturated heterocycles. The maximum atomic E-state index is 13.9. The third kappa shape index (κ3) is 2.93. The number of aliphatic hydroxyl groups is 1. The minimum absolute atomic E-state index is 0.0133. The first-order valence-corrected chi connectivity index (χ1v) is 6.34. The standard InChI is InChI=1S/C14H18FNO3/c1-10-3-2-4-11(12(10)15)13(18)16-14(9-17)5-7-19-8-6-14/h2-4,17H,5-9H2,1H3,(H,16,18). The van der Waals surface area contributed by atoms with E-state index in [9.17, 15) is 14.3 Å². The molecule has 1 aliphatic rings. The average molecular weight is 267 g/mol. The fourth-order valence-corrected chi connectivity index (χ4v) is 2.22. The second-order valence-corrected chi connectivity index (χ2v) is 4.94. The van der Waals surface area contributed by atoms with Crippen LogP contribution in [-0.2, 0) is 4.74 Å². The van der Waals surface area contributed by atoms with E-state index in [-0.39, 0.29) is 12.2 Å². The van der Waals surface area contributed by atoms with Crippen molar-refractivity contribution in [3.8, 4) is 0 Å². The van der Waals surface area contributed by atoms with Crippen LogP contribution >= 0.6 is 0 Å². The fraction of sp³-hybridized carbons (Fsp3) is 0.500. The Bertz CT molecular complexity index is 470. The summed E-state index contributed by atoms with van der Waals surface area (Å²) in [6, 6.07) is 4.70. The predicted octanol–water partition coefficient (Wildman–Crippen LogP) is 1.41. The van der Waals surface area contributed by atoms with E-state index in [4.69, 9.17) is 4.74 Å². The number of hydrogen-bond acceptors (Lipinski definition) is 3. The molecule has 0 aliphatic carbocycles. The van der Waals surface area contributed by atoms with E-state index >= 15 is 0 Å². The largest absolute Gasteiger partial charge is 0.394 e. The van der Waals surface area contributed by atoms with Crippen LogP contribution in [0.4, 0.5) is 4.39 Å². The SMILES string of the molecule is Cc1cccc(C(=O)NC2(CO)CCOCC2)c1F. The second-order valence-electron chi connectivity index (χ2n) is 4.94. The molecule has 0 saturated carbocycles.